The number of carbonyl (C=O) groups is 1. The molecule has 0 atom stereocenters. The SMILES string of the molecule is Cc1ccc2nc(NC(=O)CCN(C)C)[nH]c2c1.Cc1ccc2nc[nH]c2c1. The molecule has 28 heavy (non-hydrogen) atoms. The van der Waals surface area contributed by atoms with Crippen LogP contribution < -0.4 is 5.32 Å². The van der Waals surface area contributed by atoms with Gasteiger partial charge < -0.3 is 14.9 Å². The van der Waals surface area contributed by atoms with Gasteiger partial charge in [0.25, 0.3) is 0 Å². The average molecular weight is 378 g/mol. The fourth-order valence-electron chi connectivity index (χ4n) is 2.75. The average Bonchev–Trinajstić information content (AvgIpc) is 3.25. The lowest BCUT2D eigenvalue weighted by Crippen LogP contribution is -2.21. The number of aromatic amines is 2. The maximum absolute atomic E-state index is 11.7. The predicted molar refractivity (Wildman–Crippen MR) is 113 cm³/mol. The molecule has 0 aliphatic carbocycles. The van der Waals surface area contributed by atoms with Gasteiger partial charge in [0, 0.05) is 13.0 Å². The van der Waals surface area contributed by atoms with Gasteiger partial charge in [-0.15, -0.1) is 0 Å². The zero-order valence-electron chi connectivity index (χ0n) is 16.7. The largest absolute Gasteiger partial charge is 0.345 e. The van der Waals surface area contributed by atoms with E-state index in [1.807, 2.05) is 50.2 Å². The first kappa shape index (κ1) is 19.6. The molecule has 7 nitrogen and oxygen atoms in total. The second kappa shape index (κ2) is 8.67. The van der Waals surface area contributed by atoms with Crippen LogP contribution in [0, 0.1) is 13.8 Å². The fraction of sp³-hybridized carbons (Fsp3) is 0.286. The molecular weight excluding hydrogens is 352 g/mol. The molecule has 0 saturated heterocycles. The van der Waals surface area contributed by atoms with Crippen LogP contribution in [0.25, 0.3) is 22.1 Å². The van der Waals surface area contributed by atoms with E-state index < -0.39 is 0 Å². The Balaban J connectivity index is 0.000000188. The minimum absolute atomic E-state index is 0.0283. The number of aromatic nitrogens is 4. The Kier molecular flexibility index (Phi) is 6.06. The maximum Gasteiger partial charge on any atom is 0.227 e. The van der Waals surface area contributed by atoms with E-state index in [4.69, 9.17) is 0 Å². The summed E-state index contributed by atoms with van der Waals surface area (Å²) in [6.45, 7) is 4.82. The molecule has 146 valence electrons. The monoisotopic (exact) mass is 378 g/mol. The van der Waals surface area contributed by atoms with Gasteiger partial charge in [0.1, 0.15) is 0 Å². The third kappa shape index (κ3) is 5.17. The van der Waals surface area contributed by atoms with Crippen molar-refractivity contribution in [1.82, 2.24) is 24.8 Å². The molecule has 4 aromatic rings. The van der Waals surface area contributed by atoms with Crippen molar-refractivity contribution in [2.24, 2.45) is 0 Å². The summed E-state index contributed by atoms with van der Waals surface area (Å²) in [5.41, 5.74) is 6.38. The van der Waals surface area contributed by atoms with Crippen LogP contribution in [0.5, 0.6) is 0 Å². The molecule has 2 aromatic heterocycles. The van der Waals surface area contributed by atoms with Crippen LogP contribution in [-0.2, 0) is 4.79 Å². The lowest BCUT2D eigenvalue weighted by atomic mass is 10.2. The Hall–Kier alpha value is -3.19. The van der Waals surface area contributed by atoms with Gasteiger partial charge in [-0.3, -0.25) is 10.1 Å². The van der Waals surface area contributed by atoms with Crippen LogP contribution in [0.15, 0.2) is 42.7 Å². The van der Waals surface area contributed by atoms with Crippen molar-refractivity contribution in [3.63, 3.8) is 0 Å². The van der Waals surface area contributed by atoms with Crippen LogP contribution in [0.3, 0.4) is 0 Å². The second-order valence-electron chi connectivity index (χ2n) is 7.13. The van der Waals surface area contributed by atoms with Crippen LogP contribution >= 0.6 is 0 Å². The van der Waals surface area contributed by atoms with Crippen molar-refractivity contribution in [2.75, 3.05) is 26.0 Å². The van der Waals surface area contributed by atoms with Crippen LogP contribution in [0.1, 0.15) is 17.5 Å². The summed E-state index contributed by atoms with van der Waals surface area (Å²) in [4.78, 5) is 28.2. The molecule has 0 aliphatic heterocycles. The van der Waals surface area contributed by atoms with E-state index in [0.717, 1.165) is 34.2 Å². The molecule has 0 saturated carbocycles. The molecule has 7 heteroatoms. The van der Waals surface area contributed by atoms with Gasteiger partial charge in [0.2, 0.25) is 11.9 Å². The van der Waals surface area contributed by atoms with Gasteiger partial charge in [0.15, 0.2) is 0 Å². The Morgan fingerprint density at radius 3 is 2.43 bits per heavy atom. The smallest absolute Gasteiger partial charge is 0.227 e. The van der Waals surface area contributed by atoms with Gasteiger partial charge in [-0.05, 0) is 63.3 Å². The second-order valence-corrected chi connectivity index (χ2v) is 7.13. The molecule has 0 radical (unpaired) electrons. The molecule has 0 fully saturated rings. The first-order valence-electron chi connectivity index (χ1n) is 9.21. The molecular formula is C21H26N6O. The van der Waals surface area contributed by atoms with Crippen molar-refractivity contribution < 1.29 is 4.79 Å². The predicted octanol–water partition coefficient (Wildman–Crippen LogP) is 3.63. The van der Waals surface area contributed by atoms with E-state index in [1.54, 1.807) is 6.33 Å². The van der Waals surface area contributed by atoms with E-state index >= 15 is 0 Å². The Morgan fingerprint density at radius 1 is 1.04 bits per heavy atom. The van der Waals surface area contributed by atoms with E-state index in [2.05, 4.69) is 44.3 Å². The number of hydrogen-bond donors (Lipinski definition) is 3. The summed E-state index contributed by atoms with van der Waals surface area (Å²) in [5, 5.41) is 2.77. The lowest BCUT2D eigenvalue weighted by molar-refractivity contribution is -0.116. The zero-order valence-corrected chi connectivity index (χ0v) is 16.7. The van der Waals surface area contributed by atoms with Crippen molar-refractivity contribution >= 4 is 33.9 Å². The number of hydrogen-bond acceptors (Lipinski definition) is 4. The van der Waals surface area contributed by atoms with E-state index in [1.165, 1.54) is 5.56 Å². The number of anilines is 1. The lowest BCUT2D eigenvalue weighted by Gasteiger charge is -2.08. The van der Waals surface area contributed by atoms with E-state index in [-0.39, 0.29) is 5.91 Å². The molecule has 2 heterocycles. The number of rotatable bonds is 4. The van der Waals surface area contributed by atoms with Crippen molar-refractivity contribution in [3.05, 3.63) is 53.9 Å². The number of H-pyrrole nitrogens is 2. The number of imidazole rings is 2. The van der Waals surface area contributed by atoms with Gasteiger partial charge in [0.05, 0.1) is 28.4 Å². The number of benzene rings is 2. The summed E-state index contributed by atoms with van der Waals surface area (Å²) in [6, 6.07) is 12.1. The molecule has 0 aliphatic rings. The molecule has 0 bridgehead atoms. The highest BCUT2D eigenvalue weighted by molar-refractivity contribution is 5.91. The molecule has 2 aromatic carbocycles. The quantitative estimate of drug-likeness (QED) is 0.506. The highest BCUT2D eigenvalue weighted by Gasteiger charge is 2.07. The van der Waals surface area contributed by atoms with E-state index in [9.17, 15) is 4.79 Å². The fourth-order valence-corrected chi connectivity index (χ4v) is 2.75. The summed E-state index contributed by atoms with van der Waals surface area (Å²) >= 11 is 0. The third-order valence-electron chi connectivity index (χ3n) is 4.26. The number of nitrogens with zero attached hydrogens (tertiary/aromatic N) is 3. The number of nitrogens with one attached hydrogen (secondary N) is 3. The molecule has 3 N–H and O–H groups in total. The van der Waals surface area contributed by atoms with Gasteiger partial charge in [-0.1, -0.05) is 12.1 Å². The first-order chi connectivity index (χ1) is 13.4. The minimum atomic E-state index is -0.0283. The number of amides is 1. The van der Waals surface area contributed by atoms with Crippen molar-refractivity contribution in [3.8, 4) is 0 Å². The van der Waals surface area contributed by atoms with Crippen molar-refractivity contribution in [2.45, 2.75) is 20.3 Å². The normalized spacial score (nSPS) is 10.9. The van der Waals surface area contributed by atoms with Crippen LogP contribution in [0.4, 0.5) is 5.95 Å². The van der Waals surface area contributed by atoms with Crippen molar-refractivity contribution in [1.29, 1.82) is 0 Å². The van der Waals surface area contributed by atoms with E-state index in [0.29, 0.717) is 12.4 Å². The summed E-state index contributed by atoms with van der Waals surface area (Å²) < 4.78 is 0. The first-order valence-corrected chi connectivity index (χ1v) is 9.21. The molecule has 0 spiro atoms. The molecule has 4 rings (SSSR count). The number of fused-ring (bicyclic) bond motifs is 2. The molecule has 0 unspecified atom stereocenters. The highest BCUT2D eigenvalue weighted by Crippen LogP contribution is 2.15. The third-order valence-corrected chi connectivity index (χ3v) is 4.26. The van der Waals surface area contributed by atoms with Crippen LogP contribution in [0.2, 0.25) is 0 Å². The Bertz CT molecular complexity index is 1080. The molecule has 1 amide bonds. The van der Waals surface area contributed by atoms with Gasteiger partial charge in [-0.25, -0.2) is 9.97 Å². The number of carbonyl (C=O) groups excluding carboxylic acids is 1. The standard InChI is InChI=1S/C13H18N4O.C8H8N2/c1-9-4-5-10-11(8-9)15-13(14-10)16-12(18)6-7-17(2)3;1-6-2-3-7-8(4-6)10-5-9-7/h4-5,8H,6-7H2,1-3H3,(H2,14,15,16,18);2-5H,1H3,(H,9,10). The minimum Gasteiger partial charge on any atom is -0.345 e. The summed E-state index contributed by atoms with van der Waals surface area (Å²) in [5.74, 6) is 0.485. The Morgan fingerprint density at radius 2 is 1.71 bits per heavy atom. The zero-order chi connectivity index (χ0) is 20.1. The Labute approximate surface area is 164 Å². The highest BCUT2D eigenvalue weighted by atomic mass is 16.1. The van der Waals surface area contributed by atoms with Gasteiger partial charge in [-0.2, -0.15) is 0 Å². The number of aryl methyl sites for hydroxylation is 2. The van der Waals surface area contributed by atoms with Crippen LogP contribution in [-0.4, -0.2) is 51.4 Å². The summed E-state index contributed by atoms with van der Waals surface area (Å²) in [7, 11) is 3.88. The summed E-state index contributed by atoms with van der Waals surface area (Å²) in [6.07, 6.45) is 2.17. The topological polar surface area (TPSA) is 89.7 Å². The maximum atomic E-state index is 11.7. The van der Waals surface area contributed by atoms with Gasteiger partial charge >= 0.3 is 0 Å².